The molecule has 3 aromatic rings. The van der Waals surface area contributed by atoms with Gasteiger partial charge in [-0.2, -0.15) is 0 Å². The molecule has 0 atom stereocenters. The Morgan fingerprint density at radius 2 is 2.09 bits per heavy atom. The number of nitrogens with one attached hydrogen (secondary N) is 1. The molecule has 1 N–H and O–H groups in total. The van der Waals surface area contributed by atoms with Crippen LogP contribution in [0.4, 0.5) is 0 Å². The number of aromatic nitrogens is 1. The van der Waals surface area contributed by atoms with Crippen molar-refractivity contribution in [3.63, 3.8) is 0 Å². The van der Waals surface area contributed by atoms with Crippen molar-refractivity contribution < 1.29 is 12.9 Å². The van der Waals surface area contributed by atoms with E-state index in [-0.39, 0.29) is 11.4 Å². The first-order valence-electron chi connectivity index (χ1n) is 6.52. The number of nitrogens with zero attached hydrogens (tertiary/aromatic N) is 1. The largest absolute Gasteiger partial charge is 0.356 e. The molecule has 116 valence electrons. The Morgan fingerprint density at radius 3 is 2.73 bits per heavy atom. The molecule has 0 radical (unpaired) electrons. The van der Waals surface area contributed by atoms with E-state index in [0.717, 1.165) is 14.6 Å². The predicted molar refractivity (Wildman–Crippen MR) is 87.6 cm³/mol. The molecule has 5 nitrogen and oxygen atoms in total. The van der Waals surface area contributed by atoms with Gasteiger partial charge in [0, 0.05) is 27.2 Å². The number of sulfonamides is 1. The summed E-state index contributed by atoms with van der Waals surface area (Å²) in [5, 5.41) is 5.60. The first kappa shape index (κ1) is 15.4. The highest BCUT2D eigenvalue weighted by molar-refractivity contribution is 7.89. The van der Waals surface area contributed by atoms with Gasteiger partial charge in [-0.05, 0) is 25.3 Å². The molecule has 0 saturated carbocycles. The van der Waals surface area contributed by atoms with Gasteiger partial charge in [-0.1, -0.05) is 11.2 Å². The van der Waals surface area contributed by atoms with E-state index in [9.17, 15) is 8.42 Å². The van der Waals surface area contributed by atoms with Crippen LogP contribution in [0.5, 0.6) is 0 Å². The number of thiophene rings is 2. The van der Waals surface area contributed by atoms with E-state index in [1.165, 1.54) is 28.9 Å². The van der Waals surface area contributed by atoms with Crippen LogP contribution >= 0.6 is 22.7 Å². The first-order chi connectivity index (χ1) is 10.5. The summed E-state index contributed by atoms with van der Waals surface area (Å²) in [5.41, 5.74) is 0.596. The molecule has 0 aliphatic rings. The monoisotopic (exact) mass is 354 g/mol. The molecule has 0 bridgehead atoms. The Balaban J connectivity index is 2.00. The average molecular weight is 354 g/mol. The lowest BCUT2D eigenvalue weighted by atomic mass is 10.2. The quantitative estimate of drug-likeness (QED) is 0.760. The molecule has 22 heavy (non-hydrogen) atoms. The third-order valence-corrected chi connectivity index (χ3v) is 6.77. The SMILES string of the molecule is Cc1sc(C)c(S(=O)(=O)NCc2cccs2)c1-c1ccno1. The highest BCUT2D eigenvalue weighted by Crippen LogP contribution is 2.38. The van der Waals surface area contributed by atoms with E-state index in [1.807, 2.05) is 24.4 Å². The molecule has 3 heterocycles. The van der Waals surface area contributed by atoms with Crippen LogP contribution in [0.15, 0.2) is 39.2 Å². The maximum atomic E-state index is 12.7. The summed E-state index contributed by atoms with van der Waals surface area (Å²) in [6.07, 6.45) is 1.51. The summed E-state index contributed by atoms with van der Waals surface area (Å²) in [6, 6.07) is 5.47. The first-order valence-corrected chi connectivity index (χ1v) is 9.70. The summed E-state index contributed by atoms with van der Waals surface area (Å²) >= 11 is 2.96. The van der Waals surface area contributed by atoms with Crippen molar-refractivity contribution in [2.45, 2.75) is 25.3 Å². The molecule has 0 fully saturated rings. The lowest BCUT2D eigenvalue weighted by molar-refractivity contribution is 0.431. The zero-order chi connectivity index (χ0) is 15.7. The molecular weight excluding hydrogens is 340 g/mol. The minimum absolute atomic E-state index is 0.281. The number of hydrogen-bond donors (Lipinski definition) is 1. The van der Waals surface area contributed by atoms with Gasteiger partial charge in [-0.15, -0.1) is 22.7 Å². The van der Waals surface area contributed by atoms with Crippen LogP contribution in [-0.4, -0.2) is 13.6 Å². The van der Waals surface area contributed by atoms with Crippen LogP contribution in [0.3, 0.4) is 0 Å². The summed E-state index contributed by atoms with van der Waals surface area (Å²) in [7, 11) is -3.62. The van der Waals surface area contributed by atoms with Crippen molar-refractivity contribution in [3.8, 4) is 11.3 Å². The van der Waals surface area contributed by atoms with Crippen LogP contribution in [0.2, 0.25) is 0 Å². The van der Waals surface area contributed by atoms with E-state index >= 15 is 0 Å². The summed E-state index contributed by atoms with van der Waals surface area (Å²) in [4.78, 5) is 2.88. The molecule has 0 unspecified atom stereocenters. The molecule has 0 saturated heterocycles. The standard InChI is InChI=1S/C14H14N2O3S3/c1-9-13(12-5-6-15-19-12)14(10(2)21-9)22(17,18)16-8-11-4-3-7-20-11/h3-7,16H,8H2,1-2H3. The van der Waals surface area contributed by atoms with Crippen molar-refractivity contribution in [3.05, 3.63) is 44.4 Å². The molecule has 0 aliphatic carbocycles. The number of rotatable bonds is 5. The van der Waals surface area contributed by atoms with Gasteiger partial charge in [0.25, 0.3) is 0 Å². The second kappa shape index (κ2) is 5.96. The summed E-state index contributed by atoms with van der Waals surface area (Å²) in [5.74, 6) is 0.471. The third kappa shape index (κ3) is 2.87. The van der Waals surface area contributed by atoms with Crippen LogP contribution in [-0.2, 0) is 16.6 Å². The van der Waals surface area contributed by atoms with Crippen molar-refractivity contribution >= 4 is 32.7 Å². The minimum Gasteiger partial charge on any atom is -0.356 e. The molecule has 0 aromatic carbocycles. The van der Waals surface area contributed by atoms with Gasteiger partial charge in [-0.25, -0.2) is 13.1 Å². The Labute approximate surface area is 136 Å². The van der Waals surface area contributed by atoms with Gasteiger partial charge in [-0.3, -0.25) is 0 Å². The molecule has 0 aliphatic heterocycles. The second-order valence-corrected chi connectivity index (χ2v) is 8.86. The minimum atomic E-state index is -3.62. The van der Waals surface area contributed by atoms with Gasteiger partial charge < -0.3 is 4.52 Å². The molecule has 8 heteroatoms. The molecule has 0 spiro atoms. The molecule has 0 amide bonds. The number of hydrogen-bond acceptors (Lipinski definition) is 6. The average Bonchev–Trinajstić information content (AvgIpc) is 3.16. The highest BCUT2D eigenvalue weighted by atomic mass is 32.2. The molecular formula is C14H14N2O3S3. The Hall–Kier alpha value is -1.48. The Kier molecular flexibility index (Phi) is 4.18. The topological polar surface area (TPSA) is 72.2 Å². The second-order valence-electron chi connectivity index (χ2n) is 4.70. The fourth-order valence-electron chi connectivity index (χ4n) is 2.27. The van der Waals surface area contributed by atoms with Crippen molar-refractivity contribution in [2.75, 3.05) is 0 Å². The lowest BCUT2D eigenvalue weighted by Crippen LogP contribution is -2.23. The van der Waals surface area contributed by atoms with E-state index in [1.54, 1.807) is 13.0 Å². The third-order valence-electron chi connectivity index (χ3n) is 3.17. The van der Waals surface area contributed by atoms with Gasteiger partial charge in [0.2, 0.25) is 10.0 Å². The van der Waals surface area contributed by atoms with Crippen LogP contribution in [0.25, 0.3) is 11.3 Å². The lowest BCUT2D eigenvalue weighted by Gasteiger charge is -2.07. The normalized spacial score (nSPS) is 11.9. The van der Waals surface area contributed by atoms with Crippen LogP contribution in [0, 0.1) is 13.8 Å². The van der Waals surface area contributed by atoms with E-state index in [2.05, 4.69) is 9.88 Å². The smallest absolute Gasteiger partial charge is 0.242 e. The zero-order valence-electron chi connectivity index (χ0n) is 12.0. The van der Waals surface area contributed by atoms with Crippen LogP contribution in [0.1, 0.15) is 14.6 Å². The molecule has 3 aromatic heterocycles. The van der Waals surface area contributed by atoms with E-state index in [4.69, 9.17) is 4.52 Å². The van der Waals surface area contributed by atoms with E-state index < -0.39 is 10.0 Å². The van der Waals surface area contributed by atoms with Gasteiger partial charge in [0.05, 0.1) is 11.8 Å². The Morgan fingerprint density at radius 1 is 1.27 bits per heavy atom. The Bertz CT molecular complexity index is 863. The van der Waals surface area contributed by atoms with Gasteiger partial charge in [0.1, 0.15) is 4.90 Å². The van der Waals surface area contributed by atoms with Crippen LogP contribution < -0.4 is 4.72 Å². The maximum Gasteiger partial charge on any atom is 0.242 e. The van der Waals surface area contributed by atoms with Crippen molar-refractivity contribution in [1.82, 2.24) is 9.88 Å². The fourth-order valence-corrected chi connectivity index (χ4v) is 5.87. The van der Waals surface area contributed by atoms with Gasteiger partial charge in [0.15, 0.2) is 5.76 Å². The molecule has 3 rings (SSSR count). The van der Waals surface area contributed by atoms with Crippen molar-refractivity contribution in [1.29, 1.82) is 0 Å². The van der Waals surface area contributed by atoms with Gasteiger partial charge >= 0.3 is 0 Å². The highest BCUT2D eigenvalue weighted by Gasteiger charge is 2.27. The summed E-state index contributed by atoms with van der Waals surface area (Å²) < 4.78 is 33.3. The zero-order valence-corrected chi connectivity index (χ0v) is 14.4. The predicted octanol–water partition coefficient (Wildman–Crippen LogP) is 3.56. The van der Waals surface area contributed by atoms with Crippen molar-refractivity contribution in [2.24, 2.45) is 0 Å². The summed E-state index contributed by atoms with van der Waals surface area (Å²) in [6.45, 7) is 3.97. The maximum absolute atomic E-state index is 12.7. The fraction of sp³-hybridized carbons (Fsp3) is 0.214. The van der Waals surface area contributed by atoms with E-state index in [0.29, 0.717) is 11.3 Å². The number of aryl methyl sites for hydroxylation is 2.